The van der Waals surface area contributed by atoms with E-state index in [1.54, 1.807) is 14.0 Å². The van der Waals surface area contributed by atoms with Crippen LogP contribution in [-0.2, 0) is 4.79 Å². The van der Waals surface area contributed by atoms with Crippen molar-refractivity contribution in [2.75, 3.05) is 20.1 Å². The molecule has 1 heterocycles. The van der Waals surface area contributed by atoms with Crippen LogP contribution >= 0.6 is 0 Å². The Morgan fingerprint density at radius 1 is 1.44 bits per heavy atom. The normalized spacial score (nSPS) is 24.7. The summed E-state index contributed by atoms with van der Waals surface area (Å²) >= 11 is 0. The van der Waals surface area contributed by atoms with E-state index in [1.165, 1.54) is 25.8 Å². The van der Waals surface area contributed by atoms with Crippen LogP contribution < -0.4 is 5.32 Å². The Morgan fingerprint density at radius 3 is 2.72 bits per heavy atom. The number of nitrogens with one attached hydrogen (secondary N) is 1. The van der Waals surface area contributed by atoms with E-state index in [-0.39, 0.29) is 0 Å². The van der Waals surface area contributed by atoms with E-state index in [1.807, 2.05) is 0 Å². The Hall–Kier alpha value is -0.610. The molecule has 0 amide bonds. The van der Waals surface area contributed by atoms with Crippen LogP contribution in [0.4, 0.5) is 0 Å². The molecular formula is C14H28N2O2. The van der Waals surface area contributed by atoms with E-state index in [4.69, 9.17) is 5.11 Å². The molecule has 0 aromatic heterocycles. The summed E-state index contributed by atoms with van der Waals surface area (Å²) in [6.07, 6.45) is 6.73. The van der Waals surface area contributed by atoms with Gasteiger partial charge in [0.05, 0.1) is 0 Å². The van der Waals surface area contributed by atoms with E-state index in [2.05, 4.69) is 17.1 Å². The Kier molecular flexibility index (Phi) is 6.09. The van der Waals surface area contributed by atoms with Crippen LogP contribution in [0.25, 0.3) is 0 Å². The van der Waals surface area contributed by atoms with Crippen LogP contribution in [-0.4, -0.2) is 47.7 Å². The second kappa shape index (κ2) is 7.10. The maximum atomic E-state index is 11.1. The fraction of sp³-hybridized carbons (Fsp3) is 0.929. The molecule has 1 saturated heterocycles. The fourth-order valence-electron chi connectivity index (χ4n) is 2.62. The molecule has 2 N–H and O–H groups in total. The molecule has 1 aliphatic heterocycles. The van der Waals surface area contributed by atoms with Crippen LogP contribution in [0.2, 0.25) is 0 Å². The number of likely N-dealkylation sites (N-methyl/N-ethyl adjacent to an activating group) is 1. The molecule has 106 valence electrons. The van der Waals surface area contributed by atoms with Crippen LogP contribution in [0, 0.1) is 0 Å². The van der Waals surface area contributed by atoms with Crippen molar-refractivity contribution >= 4 is 5.97 Å². The fourth-order valence-corrected chi connectivity index (χ4v) is 2.62. The number of unbranched alkanes of at least 4 members (excludes halogenated alkanes) is 1. The average molecular weight is 256 g/mol. The van der Waals surface area contributed by atoms with Gasteiger partial charge in [-0.25, -0.2) is 0 Å². The molecule has 0 aliphatic carbocycles. The summed E-state index contributed by atoms with van der Waals surface area (Å²) in [7, 11) is 1.72. The Labute approximate surface area is 111 Å². The van der Waals surface area contributed by atoms with Gasteiger partial charge in [0, 0.05) is 6.04 Å². The minimum atomic E-state index is -0.770. The van der Waals surface area contributed by atoms with Crippen molar-refractivity contribution in [3.8, 4) is 0 Å². The molecular weight excluding hydrogens is 228 g/mol. The highest BCUT2D eigenvalue weighted by atomic mass is 16.4. The van der Waals surface area contributed by atoms with E-state index in [0.29, 0.717) is 12.5 Å². The third-order valence-electron chi connectivity index (χ3n) is 4.34. The summed E-state index contributed by atoms with van der Waals surface area (Å²) < 4.78 is 0. The van der Waals surface area contributed by atoms with Gasteiger partial charge in [-0.15, -0.1) is 0 Å². The maximum absolute atomic E-state index is 11.1. The first-order valence-electron chi connectivity index (χ1n) is 7.16. The summed E-state index contributed by atoms with van der Waals surface area (Å²) in [6.45, 7) is 6.39. The molecule has 1 fully saturated rings. The maximum Gasteiger partial charge on any atom is 0.323 e. The number of carboxylic acid groups (broad SMARTS) is 1. The predicted molar refractivity (Wildman–Crippen MR) is 73.8 cm³/mol. The zero-order chi connectivity index (χ0) is 13.6. The van der Waals surface area contributed by atoms with E-state index < -0.39 is 11.5 Å². The number of hydrogen-bond donors (Lipinski definition) is 2. The monoisotopic (exact) mass is 256 g/mol. The topological polar surface area (TPSA) is 52.6 Å². The third kappa shape index (κ3) is 4.25. The second-order valence-electron chi connectivity index (χ2n) is 5.73. The number of rotatable bonds is 7. The number of piperidine rings is 1. The van der Waals surface area contributed by atoms with E-state index in [0.717, 1.165) is 19.4 Å². The molecule has 0 spiro atoms. The highest BCUT2D eigenvalue weighted by molar-refractivity contribution is 5.78. The molecule has 0 bridgehead atoms. The lowest BCUT2D eigenvalue weighted by Gasteiger charge is -2.33. The van der Waals surface area contributed by atoms with Crippen molar-refractivity contribution in [1.82, 2.24) is 10.2 Å². The molecule has 18 heavy (non-hydrogen) atoms. The second-order valence-corrected chi connectivity index (χ2v) is 5.73. The van der Waals surface area contributed by atoms with Crippen molar-refractivity contribution in [1.29, 1.82) is 0 Å². The van der Waals surface area contributed by atoms with Gasteiger partial charge in [-0.1, -0.05) is 6.42 Å². The number of carbonyl (C=O) groups is 1. The van der Waals surface area contributed by atoms with Gasteiger partial charge in [0.25, 0.3) is 0 Å². The van der Waals surface area contributed by atoms with Gasteiger partial charge >= 0.3 is 5.97 Å². The van der Waals surface area contributed by atoms with Gasteiger partial charge < -0.3 is 15.3 Å². The first-order chi connectivity index (χ1) is 8.49. The Morgan fingerprint density at radius 2 is 2.17 bits per heavy atom. The summed E-state index contributed by atoms with van der Waals surface area (Å²) in [5.74, 6) is -0.753. The van der Waals surface area contributed by atoms with Gasteiger partial charge in [-0.05, 0) is 66.1 Å². The Balaban J connectivity index is 2.23. The quantitative estimate of drug-likeness (QED) is 0.685. The van der Waals surface area contributed by atoms with Gasteiger partial charge in [0.2, 0.25) is 0 Å². The van der Waals surface area contributed by atoms with Crippen LogP contribution in [0.5, 0.6) is 0 Å². The zero-order valence-corrected chi connectivity index (χ0v) is 12.0. The number of carboxylic acids is 1. The van der Waals surface area contributed by atoms with Crippen LogP contribution in [0.1, 0.15) is 52.4 Å². The molecule has 4 heteroatoms. The number of likely N-dealkylation sites (tertiary alicyclic amines) is 1. The summed E-state index contributed by atoms with van der Waals surface area (Å²) in [5.41, 5.74) is -0.770. The highest BCUT2D eigenvalue weighted by Gasteiger charge is 2.30. The van der Waals surface area contributed by atoms with E-state index in [9.17, 15) is 4.79 Å². The Bertz CT molecular complexity index is 271. The van der Waals surface area contributed by atoms with E-state index >= 15 is 0 Å². The predicted octanol–water partition coefficient (Wildman–Crippen LogP) is 2.09. The molecule has 1 rings (SSSR count). The van der Waals surface area contributed by atoms with Crippen molar-refractivity contribution in [2.24, 2.45) is 0 Å². The molecule has 0 aromatic carbocycles. The smallest absolute Gasteiger partial charge is 0.323 e. The molecule has 0 aromatic rings. The third-order valence-corrected chi connectivity index (χ3v) is 4.34. The lowest BCUT2D eigenvalue weighted by atomic mass is 9.95. The summed E-state index contributed by atoms with van der Waals surface area (Å²) in [6, 6.07) is 0.703. The first-order valence-corrected chi connectivity index (χ1v) is 7.16. The highest BCUT2D eigenvalue weighted by Crippen LogP contribution is 2.18. The minimum absolute atomic E-state index is 0.695. The van der Waals surface area contributed by atoms with Crippen molar-refractivity contribution < 1.29 is 9.90 Å². The lowest BCUT2D eigenvalue weighted by Crippen LogP contribution is -2.47. The number of nitrogens with zero attached hydrogens (tertiary/aromatic N) is 1. The van der Waals surface area contributed by atoms with Crippen molar-refractivity contribution in [2.45, 2.75) is 64.0 Å². The molecule has 0 saturated carbocycles. The van der Waals surface area contributed by atoms with Crippen molar-refractivity contribution in [3.63, 3.8) is 0 Å². The van der Waals surface area contributed by atoms with Crippen LogP contribution in [0.3, 0.4) is 0 Å². The van der Waals surface area contributed by atoms with Gasteiger partial charge in [0.15, 0.2) is 0 Å². The molecule has 2 atom stereocenters. The largest absolute Gasteiger partial charge is 0.480 e. The van der Waals surface area contributed by atoms with Gasteiger partial charge in [-0.3, -0.25) is 4.79 Å². The molecule has 0 radical (unpaired) electrons. The lowest BCUT2D eigenvalue weighted by molar-refractivity contribution is -0.144. The molecule has 1 aliphatic rings. The molecule has 4 nitrogen and oxygen atoms in total. The summed E-state index contributed by atoms with van der Waals surface area (Å²) in [4.78, 5) is 13.7. The van der Waals surface area contributed by atoms with Gasteiger partial charge in [-0.2, -0.15) is 0 Å². The summed E-state index contributed by atoms with van der Waals surface area (Å²) in [5, 5.41) is 12.1. The van der Waals surface area contributed by atoms with Gasteiger partial charge in [0.1, 0.15) is 5.54 Å². The average Bonchev–Trinajstić information content (AvgIpc) is 2.36. The number of hydrogen-bond acceptors (Lipinski definition) is 3. The zero-order valence-electron chi connectivity index (χ0n) is 12.0. The van der Waals surface area contributed by atoms with Crippen molar-refractivity contribution in [3.05, 3.63) is 0 Å². The first kappa shape index (κ1) is 15.4. The molecule has 2 unspecified atom stereocenters. The SMILES string of the molecule is CNC(C)(CCCCN1CCCCC1C)C(=O)O. The number of aliphatic carboxylic acids is 1. The standard InChI is InChI=1S/C14H28N2O2/c1-12-8-4-6-10-16(12)11-7-5-9-14(2,15-3)13(17)18/h12,15H,4-11H2,1-3H3,(H,17,18). The van der Waals surface area contributed by atoms with Crippen LogP contribution in [0.15, 0.2) is 0 Å². The minimum Gasteiger partial charge on any atom is -0.480 e.